The van der Waals surface area contributed by atoms with Gasteiger partial charge in [-0.05, 0) is 0 Å². The Morgan fingerprint density at radius 1 is 1.00 bits per heavy atom. The summed E-state index contributed by atoms with van der Waals surface area (Å²) in [7, 11) is 0. The maximum absolute atomic E-state index is 9.77. The van der Waals surface area contributed by atoms with E-state index in [-0.39, 0.29) is 48.1 Å². The van der Waals surface area contributed by atoms with E-state index in [4.69, 9.17) is 20.4 Å². The molecule has 0 amide bonds. The Hall–Kier alpha value is 0.379. The van der Waals surface area contributed by atoms with Crippen molar-refractivity contribution in [3.05, 3.63) is 0 Å². The third-order valence-corrected chi connectivity index (χ3v) is 0.805. The average molecular weight is 230 g/mol. The fourth-order valence-corrected chi connectivity index (χ4v) is 0.270. The third kappa shape index (κ3) is 5.96. The van der Waals surface area contributed by atoms with Crippen LogP contribution in [0.25, 0.3) is 0 Å². The van der Waals surface area contributed by atoms with E-state index in [2.05, 4.69) is 0 Å². The predicted octanol–water partition coefficient (Wildman–Crippen LogP) is -5.01. The van der Waals surface area contributed by atoms with E-state index in [0.29, 0.717) is 0 Å². The second-order valence-electron chi connectivity index (χ2n) is 1.57. The molecule has 68 valence electrons. The molecule has 0 aromatic carbocycles. The van der Waals surface area contributed by atoms with Crippen LogP contribution in [0.5, 0.6) is 0 Å². The first kappa shape index (κ1) is 18.2. The molecule has 0 heterocycles. The van der Waals surface area contributed by atoms with Crippen LogP contribution >= 0.6 is 0 Å². The largest absolute Gasteiger partial charge is 1.00 e. The molecular formula is C4H7FeNaO6. The minimum atomic E-state index is -2.27. The first-order valence-corrected chi connectivity index (χ1v) is 2.28. The number of carboxylic acids is 2. The van der Waals surface area contributed by atoms with Gasteiger partial charge < -0.3 is 21.9 Å². The standard InChI is InChI=1S/C4H6O6.Fe.Na.H/c5-1(3(7)8)2(6)4(9)10;;;/h1-2,5-6H,(H,7,8)(H,9,10);;;/q;;+1;-1. The van der Waals surface area contributed by atoms with Gasteiger partial charge in [-0.15, -0.1) is 0 Å². The van der Waals surface area contributed by atoms with Gasteiger partial charge in [-0.2, -0.15) is 0 Å². The summed E-state index contributed by atoms with van der Waals surface area (Å²) in [6, 6.07) is 0. The molecule has 0 radical (unpaired) electrons. The molecule has 0 aliphatic carbocycles. The zero-order valence-corrected chi connectivity index (χ0v) is 9.22. The topological polar surface area (TPSA) is 115 Å². The van der Waals surface area contributed by atoms with Crippen molar-refractivity contribution in [3.63, 3.8) is 0 Å². The SMILES string of the molecule is O=C(O)C(O)C(O)C(=O)O.[Fe].[H-].[Na+]. The van der Waals surface area contributed by atoms with E-state index >= 15 is 0 Å². The van der Waals surface area contributed by atoms with E-state index in [1.54, 1.807) is 0 Å². The van der Waals surface area contributed by atoms with Gasteiger partial charge in [0, 0.05) is 17.1 Å². The van der Waals surface area contributed by atoms with Gasteiger partial charge in [0.05, 0.1) is 0 Å². The zero-order valence-electron chi connectivity index (χ0n) is 7.11. The van der Waals surface area contributed by atoms with Gasteiger partial charge in [0.25, 0.3) is 0 Å². The Morgan fingerprint density at radius 2 is 1.17 bits per heavy atom. The molecule has 0 rings (SSSR count). The molecule has 0 saturated heterocycles. The number of rotatable bonds is 3. The van der Waals surface area contributed by atoms with Crippen LogP contribution in [0.1, 0.15) is 1.43 Å². The molecule has 0 aliphatic heterocycles. The smallest absolute Gasteiger partial charge is 1.00 e. The van der Waals surface area contributed by atoms with E-state index in [0.717, 1.165) is 0 Å². The molecule has 0 aromatic rings. The van der Waals surface area contributed by atoms with Crippen LogP contribution in [-0.2, 0) is 26.7 Å². The normalized spacial score (nSPS) is 13.2. The van der Waals surface area contributed by atoms with Gasteiger partial charge >= 0.3 is 41.5 Å². The number of aliphatic hydroxyl groups is 2. The first-order chi connectivity index (χ1) is 4.46. The van der Waals surface area contributed by atoms with Gasteiger partial charge in [0.1, 0.15) is 0 Å². The van der Waals surface area contributed by atoms with Crippen LogP contribution in [0.4, 0.5) is 0 Å². The quantitative estimate of drug-likeness (QED) is 0.361. The Morgan fingerprint density at radius 3 is 1.25 bits per heavy atom. The number of aliphatic carboxylic acids is 2. The van der Waals surface area contributed by atoms with Crippen molar-refractivity contribution in [2.24, 2.45) is 0 Å². The molecule has 0 bridgehead atoms. The monoisotopic (exact) mass is 230 g/mol. The molecular weight excluding hydrogens is 223 g/mol. The Balaban J connectivity index is -0.000000135. The second kappa shape index (κ2) is 8.00. The molecule has 0 saturated carbocycles. The Labute approximate surface area is 102 Å². The Bertz CT molecular complexity index is 149. The molecule has 4 N–H and O–H groups in total. The maximum Gasteiger partial charge on any atom is 1.00 e. The van der Waals surface area contributed by atoms with Gasteiger partial charge in [-0.1, -0.05) is 0 Å². The summed E-state index contributed by atoms with van der Waals surface area (Å²) in [5.74, 6) is -3.54. The maximum atomic E-state index is 9.77. The average Bonchev–Trinajstić information content (AvgIpc) is 1.84. The van der Waals surface area contributed by atoms with Gasteiger partial charge in [-0.25, -0.2) is 9.59 Å². The molecule has 0 aliphatic rings. The van der Waals surface area contributed by atoms with Crippen LogP contribution < -0.4 is 29.6 Å². The zero-order chi connectivity index (χ0) is 8.31. The number of hydrogen-bond donors (Lipinski definition) is 4. The summed E-state index contributed by atoms with van der Waals surface area (Å²) in [6.07, 6.45) is -4.53. The minimum Gasteiger partial charge on any atom is -1.00 e. The number of hydrogen-bond acceptors (Lipinski definition) is 4. The van der Waals surface area contributed by atoms with Crippen molar-refractivity contribution in [2.45, 2.75) is 12.2 Å². The van der Waals surface area contributed by atoms with Crippen LogP contribution in [0, 0.1) is 0 Å². The number of carboxylic acid groups (broad SMARTS) is 2. The molecule has 8 heteroatoms. The molecule has 0 spiro atoms. The Kier molecular flexibility index (Phi) is 12.1. The summed E-state index contributed by atoms with van der Waals surface area (Å²) in [4.78, 5) is 19.5. The van der Waals surface area contributed by atoms with Crippen LogP contribution in [0.15, 0.2) is 0 Å². The van der Waals surface area contributed by atoms with Crippen molar-refractivity contribution in [3.8, 4) is 0 Å². The summed E-state index contributed by atoms with van der Waals surface area (Å²) in [5.41, 5.74) is 0. The van der Waals surface area contributed by atoms with Crippen molar-refractivity contribution in [1.29, 1.82) is 0 Å². The molecule has 12 heavy (non-hydrogen) atoms. The van der Waals surface area contributed by atoms with Crippen LogP contribution in [-0.4, -0.2) is 44.6 Å². The van der Waals surface area contributed by atoms with Crippen molar-refractivity contribution in [1.82, 2.24) is 0 Å². The van der Waals surface area contributed by atoms with Crippen molar-refractivity contribution in [2.75, 3.05) is 0 Å². The summed E-state index contributed by atoms with van der Waals surface area (Å²) < 4.78 is 0. The fourth-order valence-electron chi connectivity index (χ4n) is 0.270. The molecule has 2 atom stereocenters. The van der Waals surface area contributed by atoms with E-state index in [1.165, 1.54) is 0 Å². The third-order valence-electron chi connectivity index (χ3n) is 0.805. The van der Waals surface area contributed by atoms with E-state index in [1.807, 2.05) is 0 Å². The molecule has 6 nitrogen and oxygen atoms in total. The molecule has 0 fully saturated rings. The summed E-state index contributed by atoms with van der Waals surface area (Å²) in [6.45, 7) is 0. The van der Waals surface area contributed by atoms with Crippen molar-refractivity contribution >= 4 is 11.9 Å². The first-order valence-electron chi connectivity index (χ1n) is 2.28. The van der Waals surface area contributed by atoms with E-state index < -0.39 is 24.1 Å². The minimum absolute atomic E-state index is 0. The molecule has 2 unspecified atom stereocenters. The number of carbonyl (C=O) groups is 2. The second-order valence-corrected chi connectivity index (χ2v) is 1.57. The van der Waals surface area contributed by atoms with Gasteiger partial charge in [-0.3, -0.25) is 0 Å². The van der Waals surface area contributed by atoms with Gasteiger partial charge in [0.2, 0.25) is 0 Å². The van der Waals surface area contributed by atoms with Crippen molar-refractivity contribution < 1.29 is 78.1 Å². The predicted molar refractivity (Wildman–Crippen MR) is 28.4 cm³/mol. The fraction of sp³-hybridized carbons (Fsp3) is 0.500. The van der Waals surface area contributed by atoms with Crippen LogP contribution in [0.2, 0.25) is 0 Å². The molecule has 0 aromatic heterocycles. The van der Waals surface area contributed by atoms with Crippen LogP contribution in [0.3, 0.4) is 0 Å². The summed E-state index contributed by atoms with van der Waals surface area (Å²) in [5, 5.41) is 32.5. The van der Waals surface area contributed by atoms with Gasteiger partial charge in [0.15, 0.2) is 12.2 Å². The summed E-state index contributed by atoms with van der Waals surface area (Å²) >= 11 is 0. The number of aliphatic hydroxyl groups excluding tert-OH is 2. The van der Waals surface area contributed by atoms with E-state index in [9.17, 15) is 9.59 Å².